The van der Waals surface area contributed by atoms with Gasteiger partial charge in [-0.2, -0.15) is 0 Å². The molecule has 0 amide bonds. The van der Waals surface area contributed by atoms with Crippen LogP contribution in [0.3, 0.4) is 0 Å². The maximum Gasteiger partial charge on any atom is 0.237 e. The van der Waals surface area contributed by atoms with E-state index in [9.17, 15) is 8.42 Å². The van der Waals surface area contributed by atoms with Crippen molar-refractivity contribution in [1.82, 2.24) is 0 Å². The van der Waals surface area contributed by atoms with E-state index >= 15 is 0 Å². The van der Waals surface area contributed by atoms with Crippen molar-refractivity contribution in [2.24, 2.45) is 0 Å². The van der Waals surface area contributed by atoms with Crippen molar-refractivity contribution in [3.8, 4) is 5.75 Å². The lowest BCUT2D eigenvalue weighted by atomic mass is 10.2. The molecule has 2 rings (SSSR count). The highest BCUT2D eigenvalue weighted by Crippen LogP contribution is 2.33. The fourth-order valence-electron chi connectivity index (χ4n) is 1.40. The Labute approximate surface area is 76.6 Å². The summed E-state index contributed by atoms with van der Waals surface area (Å²) in [6, 6.07) is 5.23. The minimum Gasteiger partial charge on any atom is -0.496 e. The quantitative estimate of drug-likeness (QED) is 0.732. The van der Waals surface area contributed by atoms with Gasteiger partial charge in [-0.25, -0.2) is 8.42 Å². The van der Waals surface area contributed by atoms with E-state index in [0.29, 0.717) is 17.0 Å². The van der Waals surface area contributed by atoms with Gasteiger partial charge in [0.05, 0.1) is 18.6 Å². The summed E-state index contributed by atoms with van der Waals surface area (Å²) in [6.07, 6.45) is 0. The molecule has 4 nitrogen and oxygen atoms in total. The standard InChI is InChI=1S/C8H9NO3S/c1-12-8-4-2-3-7-6(8)5-13(10,11)9-7/h2-4,9H,5H2,1H3. The Balaban J connectivity index is 2.57. The Morgan fingerprint density at radius 2 is 2.23 bits per heavy atom. The predicted molar refractivity (Wildman–Crippen MR) is 49.2 cm³/mol. The topological polar surface area (TPSA) is 55.4 Å². The zero-order chi connectivity index (χ0) is 9.47. The Bertz CT molecular complexity index is 439. The first kappa shape index (κ1) is 8.37. The number of ether oxygens (including phenoxy) is 1. The van der Waals surface area contributed by atoms with Crippen molar-refractivity contribution >= 4 is 15.7 Å². The van der Waals surface area contributed by atoms with Crippen LogP contribution in [0.5, 0.6) is 5.75 Å². The molecule has 0 bridgehead atoms. The molecule has 1 aromatic rings. The summed E-state index contributed by atoms with van der Waals surface area (Å²) < 4.78 is 29.9. The van der Waals surface area contributed by atoms with Crippen LogP contribution in [0.1, 0.15) is 5.56 Å². The van der Waals surface area contributed by atoms with Crippen LogP contribution >= 0.6 is 0 Å². The Hall–Kier alpha value is -1.23. The molecule has 1 aromatic carbocycles. The molecule has 70 valence electrons. The highest BCUT2D eigenvalue weighted by Gasteiger charge is 2.26. The van der Waals surface area contributed by atoms with Crippen molar-refractivity contribution in [2.45, 2.75) is 5.75 Å². The van der Waals surface area contributed by atoms with E-state index in [1.165, 1.54) is 7.11 Å². The van der Waals surface area contributed by atoms with E-state index in [1.54, 1.807) is 18.2 Å². The van der Waals surface area contributed by atoms with E-state index in [-0.39, 0.29) is 5.75 Å². The van der Waals surface area contributed by atoms with Gasteiger partial charge in [0.1, 0.15) is 5.75 Å². The zero-order valence-electron chi connectivity index (χ0n) is 7.07. The Morgan fingerprint density at radius 3 is 2.92 bits per heavy atom. The van der Waals surface area contributed by atoms with Crippen LogP contribution in [0.25, 0.3) is 0 Å². The van der Waals surface area contributed by atoms with Crippen LogP contribution in [0, 0.1) is 0 Å². The first-order valence-corrected chi connectivity index (χ1v) is 5.44. The lowest BCUT2D eigenvalue weighted by Gasteiger charge is -2.03. The van der Waals surface area contributed by atoms with Crippen molar-refractivity contribution in [3.05, 3.63) is 23.8 Å². The monoisotopic (exact) mass is 199 g/mol. The highest BCUT2D eigenvalue weighted by molar-refractivity contribution is 7.92. The van der Waals surface area contributed by atoms with Gasteiger partial charge in [-0.05, 0) is 12.1 Å². The number of hydrogen-bond acceptors (Lipinski definition) is 3. The second kappa shape index (κ2) is 2.63. The van der Waals surface area contributed by atoms with Crippen molar-refractivity contribution < 1.29 is 13.2 Å². The molecule has 0 saturated carbocycles. The van der Waals surface area contributed by atoms with Gasteiger partial charge < -0.3 is 4.74 Å². The number of rotatable bonds is 1. The molecule has 1 heterocycles. The number of sulfonamides is 1. The van der Waals surface area contributed by atoms with Crippen LogP contribution in [0.4, 0.5) is 5.69 Å². The minimum atomic E-state index is -3.17. The van der Waals surface area contributed by atoms with Crippen LogP contribution in [-0.2, 0) is 15.8 Å². The van der Waals surface area contributed by atoms with Gasteiger partial charge in [0, 0.05) is 5.56 Å². The van der Waals surface area contributed by atoms with Gasteiger partial charge in [0.25, 0.3) is 0 Å². The summed E-state index contributed by atoms with van der Waals surface area (Å²) in [6.45, 7) is 0. The minimum absolute atomic E-state index is 0.00630. The molecule has 5 heteroatoms. The number of nitrogens with one attached hydrogen (secondary N) is 1. The van der Waals surface area contributed by atoms with Gasteiger partial charge in [-0.15, -0.1) is 0 Å². The fourth-order valence-corrected chi connectivity index (χ4v) is 2.67. The summed E-state index contributed by atoms with van der Waals surface area (Å²) in [7, 11) is -1.64. The van der Waals surface area contributed by atoms with E-state index in [4.69, 9.17) is 4.74 Å². The van der Waals surface area contributed by atoms with E-state index < -0.39 is 10.0 Å². The van der Waals surface area contributed by atoms with Gasteiger partial charge in [0.15, 0.2) is 0 Å². The largest absolute Gasteiger partial charge is 0.496 e. The fraction of sp³-hybridized carbons (Fsp3) is 0.250. The number of benzene rings is 1. The molecule has 0 unspecified atom stereocenters. The Kier molecular flexibility index (Phi) is 1.69. The SMILES string of the molecule is COc1cccc2c1CS(=O)(=O)N2. The summed E-state index contributed by atoms with van der Waals surface area (Å²) >= 11 is 0. The third-order valence-electron chi connectivity index (χ3n) is 1.95. The molecule has 0 atom stereocenters. The van der Waals surface area contributed by atoms with E-state index in [0.717, 1.165) is 0 Å². The summed E-state index contributed by atoms with van der Waals surface area (Å²) in [4.78, 5) is 0. The molecule has 0 saturated heterocycles. The molecule has 0 spiro atoms. The Morgan fingerprint density at radius 1 is 1.46 bits per heavy atom. The second-order valence-corrected chi connectivity index (χ2v) is 4.57. The number of methoxy groups -OCH3 is 1. The molecule has 0 fully saturated rings. The molecular weight excluding hydrogens is 190 g/mol. The maximum atomic E-state index is 11.2. The van der Waals surface area contributed by atoms with Gasteiger partial charge in [-0.1, -0.05) is 6.07 Å². The lowest BCUT2D eigenvalue weighted by molar-refractivity contribution is 0.411. The van der Waals surface area contributed by atoms with Crippen molar-refractivity contribution in [3.63, 3.8) is 0 Å². The van der Waals surface area contributed by atoms with Gasteiger partial charge in [0.2, 0.25) is 10.0 Å². The molecule has 1 aliphatic heterocycles. The van der Waals surface area contributed by atoms with Crippen molar-refractivity contribution in [1.29, 1.82) is 0 Å². The summed E-state index contributed by atoms with van der Waals surface area (Å²) in [5.41, 5.74) is 1.34. The highest BCUT2D eigenvalue weighted by atomic mass is 32.2. The third kappa shape index (κ3) is 1.35. The average Bonchev–Trinajstić information content (AvgIpc) is 2.37. The van der Waals surface area contributed by atoms with Crippen LogP contribution in [0.2, 0.25) is 0 Å². The van der Waals surface area contributed by atoms with Gasteiger partial charge >= 0.3 is 0 Å². The van der Waals surface area contributed by atoms with Crippen LogP contribution < -0.4 is 9.46 Å². The molecule has 1 N–H and O–H groups in total. The average molecular weight is 199 g/mol. The van der Waals surface area contributed by atoms with E-state index in [2.05, 4.69) is 4.72 Å². The first-order chi connectivity index (χ1) is 6.12. The van der Waals surface area contributed by atoms with Crippen LogP contribution in [0.15, 0.2) is 18.2 Å². The van der Waals surface area contributed by atoms with Crippen molar-refractivity contribution in [2.75, 3.05) is 11.8 Å². The predicted octanol–water partition coefficient (Wildman–Crippen LogP) is 0.950. The normalized spacial score (nSPS) is 17.6. The number of fused-ring (bicyclic) bond motifs is 1. The molecule has 0 aromatic heterocycles. The van der Waals surface area contributed by atoms with Gasteiger partial charge in [-0.3, -0.25) is 4.72 Å². The molecule has 1 aliphatic rings. The van der Waals surface area contributed by atoms with Crippen LogP contribution in [-0.4, -0.2) is 15.5 Å². The molecule has 0 radical (unpaired) electrons. The summed E-state index contributed by atoms with van der Waals surface area (Å²) in [5, 5.41) is 0. The zero-order valence-corrected chi connectivity index (χ0v) is 7.89. The molecular formula is C8H9NO3S. The smallest absolute Gasteiger partial charge is 0.237 e. The molecule has 0 aliphatic carbocycles. The summed E-state index contributed by atoms with van der Waals surface area (Å²) in [5.74, 6) is 0.623. The number of hydrogen-bond donors (Lipinski definition) is 1. The number of anilines is 1. The van der Waals surface area contributed by atoms with E-state index in [1.807, 2.05) is 0 Å². The first-order valence-electron chi connectivity index (χ1n) is 3.79. The maximum absolute atomic E-state index is 11.2. The second-order valence-electron chi connectivity index (χ2n) is 2.85. The lowest BCUT2D eigenvalue weighted by Crippen LogP contribution is -2.05. The molecule has 13 heavy (non-hydrogen) atoms. The third-order valence-corrected chi connectivity index (χ3v) is 3.15.